The fraction of sp³-hybridized carbons (Fsp3) is 0.222. The van der Waals surface area contributed by atoms with E-state index < -0.39 is 5.91 Å². The highest BCUT2D eigenvalue weighted by molar-refractivity contribution is 9.10. The first kappa shape index (κ1) is 9.26. The molecule has 12 heavy (non-hydrogen) atoms. The zero-order valence-corrected chi connectivity index (χ0v) is 8.60. The Morgan fingerprint density at radius 2 is 2.00 bits per heavy atom. The summed E-state index contributed by atoms with van der Waals surface area (Å²) in [6, 6.07) is 3.77. The van der Waals surface area contributed by atoms with Crippen molar-refractivity contribution in [3.05, 3.63) is 33.3 Å². The lowest BCUT2D eigenvalue weighted by Gasteiger charge is -2.04. The highest BCUT2D eigenvalue weighted by atomic mass is 79.9. The smallest absolute Gasteiger partial charge is 0.249 e. The summed E-state index contributed by atoms with van der Waals surface area (Å²) in [6.45, 7) is 3.87. The van der Waals surface area contributed by atoms with E-state index in [0.29, 0.717) is 5.56 Å². The van der Waals surface area contributed by atoms with Gasteiger partial charge in [0.1, 0.15) is 0 Å². The minimum atomic E-state index is -0.395. The Labute approximate surface area is 79.9 Å². The van der Waals surface area contributed by atoms with Gasteiger partial charge in [0.05, 0.1) is 5.56 Å². The average Bonchev–Trinajstić information content (AvgIpc) is 1.96. The van der Waals surface area contributed by atoms with E-state index in [9.17, 15) is 4.79 Å². The van der Waals surface area contributed by atoms with E-state index in [-0.39, 0.29) is 0 Å². The van der Waals surface area contributed by atoms with Gasteiger partial charge in [-0.3, -0.25) is 4.79 Å². The number of carbonyl (C=O) groups is 1. The number of nitrogens with two attached hydrogens (primary N) is 1. The summed E-state index contributed by atoms with van der Waals surface area (Å²) >= 11 is 3.31. The summed E-state index contributed by atoms with van der Waals surface area (Å²) in [6.07, 6.45) is 0. The number of rotatable bonds is 1. The fourth-order valence-electron chi connectivity index (χ4n) is 1.13. The van der Waals surface area contributed by atoms with Crippen LogP contribution in [0.3, 0.4) is 0 Å². The lowest BCUT2D eigenvalue weighted by molar-refractivity contribution is 0.0999. The maximum Gasteiger partial charge on any atom is 0.249 e. The van der Waals surface area contributed by atoms with Crippen LogP contribution in [-0.2, 0) is 0 Å². The predicted octanol–water partition coefficient (Wildman–Crippen LogP) is 2.16. The summed E-state index contributed by atoms with van der Waals surface area (Å²) in [5.74, 6) is -0.395. The van der Waals surface area contributed by atoms with Crippen LogP contribution in [0.1, 0.15) is 21.5 Å². The highest BCUT2D eigenvalue weighted by Gasteiger charge is 2.08. The number of hydrogen-bond acceptors (Lipinski definition) is 1. The Hall–Kier alpha value is -0.830. The molecule has 1 aromatic rings. The molecule has 0 saturated carbocycles. The first-order chi connectivity index (χ1) is 5.52. The number of carbonyl (C=O) groups excluding carboxylic acids is 1. The maximum absolute atomic E-state index is 10.9. The molecule has 64 valence electrons. The van der Waals surface area contributed by atoms with E-state index in [0.717, 1.165) is 15.6 Å². The number of primary amides is 1. The van der Waals surface area contributed by atoms with Gasteiger partial charge in [0, 0.05) is 4.47 Å². The molecule has 0 radical (unpaired) electrons. The third kappa shape index (κ3) is 1.67. The Kier molecular flexibility index (Phi) is 2.52. The predicted molar refractivity (Wildman–Crippen MR) is 52.1 cm³/mol. The van der Waals surface area contributed by atoms with Crippen molar-refractivity contribution in [2.75, 3.05) is 0 Å². The molecule has 0 aliphatic heterocycles. The van der Waals surface area contributed by atoms with Gasteiger partial charge in [-0.15, -0.1) is 0 Å². The van der Waals surface area contributed by atoms with Gasteiger partial charge in [-0.05, 0) is 47.0 Å². The monoisotopic (exact) mass is 227 g/mol. The summed E-state index contributed by atoms with van der Waals surface area (Å²) in [4.78, 5) is 10.9. The molecule has 1 aromatic carbocycles. The highest BCUT2D eigenvalue weighted by Crippen LogP contribution is 2.22. The number of aryl methyl sites for hydroxylation is 2. The van der Waals surface area contributed by atoms with Crippen molar-refractivity contribution in [3.63, 3.8) is 0 Å². The molecule has 0 unspecified atom stereocenters. The van der Waals surface area contributed by atoms with Crippen LogP contribution in [0, 0.1) is 13.8 Å². The van der Waals surface area contributed by atoms with Crippen LogP contribution in [0.5, 0.6) is 0 Å². The third-order valence-electron chi connectivity index (χ3n) is 1.66. The Morgan fingerprint density at radius 1 is 1.42 bits per heavy atom. The molecule has 2 nitrogen and oxygen atoms in total. The summed E-state index contributed by atoms with van der Waals surface area (Å²) < 4.78 is 0.792. The van der Waals surface area contributed by atoms with E-state index in [2.05, 4.69) is 15.9 Å². The molecule has 3 heteroatoms. The second-order valence-electron chi connectivity index (χ2n) is 2.81. The zero-order chi connectivity index (χ0) is 9.30. The second kappa shape index (κ2) is 3.27. The van der Waals surface area contributed by atoms with Gasteiger partial charge < -0.3 is 5.73 Å². The van der Waals surface area contributed by atoms with Crippen molar-refractivity contribution >= 4 is 21.8 Å². The molecule has 0 spiro atoms. The molecular weight excluding hydrogens is 218 g/mol. The van der Waals surface area contributed by atoms with Crippen molar-refractivity contribution in [1.82, 2.24) is 0 Å². The lowest BCUT2D eigenvalue weighted by atomic mass is 10.1. The Morgan fingerprint density at radius 3 is 2.50 bits per heavy atom. The SMILES string of the molecule is Cc1cc(C)c(Br)c(C(N)=O)c1. The number of benzene rings is 1. The van der Waals surface area contributed by atoms with Crippen LogP contribution in [0.4, 0.5) is 0 Å². The maximum atomic E-state index is 10.9. The first-order valence-electron chi connectivity index (χ1n) is 3.59. The fourth-order valence-corrected chi connectivity index (χ4v) is 1.55. The van der Waals surface area contributed by atoms with E-state index in [1.54, 1.807) is 6.07 Å². The van der Waals surface area contributed by atoms with Crippen molar-refractivity contribution in [2.45, 2.75) is 13.8 Å². The second-order valence-corrected chi connectivity index (χ2v) is 3.60. The summed E-state index contributed by atoms with van der Waals surface area (Å²) in [7, 11) is 0. The Bertz CT molecular complexity index is 334. The number of amides is 1. The van der Waals surface area contributed by atoms with Crippen LogP contribution in [0.25, 0.3) is 0 Å². The number of halogens is 1. The van der Waals surface area contributed by atoms with Gasteiger partial charge in [-0.25, -0.2) is 0 Å². The molecule has 0 saturated heterocycles. The zero-order valence-electron chi connectivity index (χ0n) is 7.02. The molecule has 2 N–H and O–H groups in total. The van der Waals surface area contributed by atoms with Crippen molar-refractivity contribution in [1.29, 1.82) is 0 Å². The number of hydrogen-bond donors (Lipinski definition) is 1. The molecule has 0 aliphatic carbocycles. The van der Waals surface area contributed by atoms with Crippen molar-refractivity contribution in [3.8, 4) is 0 Å². The van der Waals surface area contributed by atoms with Gasteiger partial charge in [0.2, 0.25) is 5.91 Å². The Balaban J connectivity index is 3.37. The molecule has 0 heterocycles. The van der Waals surface area contributed by atoms with Crippen LogP contribution in [0.15, 0.2) is 16.6 Å². The van der Waals surface area contributed by atoms with Gasteiger partial charge in [0.25, 0.3) is 0 Å². The standard InChI is InChI=1S/C9H10BrNO/c1-5-3-6(2)8(10)7(4-5)9(11)12/h3-4H,1-2H3,(H2,11,12). The quantitative estimate of drug-likeness (QED) is 0.786. The van der Waals surface area contributed by atoms with Gasteiger partial charge >= 0.3 is 0 Å². The van der Waals surface area contributed by atoms with E-state index >= 15 is 0 Å². The molecule has 1 rings (SSSR count). The first-order valence-corrected chi connectivity index (χ1v) is 4.38. The van der Waals surface area contributed by atoms with Crippen LogP contribution in [-0.4, -0.2) is 5.91 Å². The molecule has 1 amide bonds. The minimum absolute atomic E-state index is 0.395. The molecule has 0 bridgehead atoms. The van der Waals surface area contributed by atoms with Crippen molar-refractivity contribution in [2.24, 2.45) is 5.73 Å². The van der Waals surface area contributed by atoms with E-state index in [4.69, 9.17) is 5.73 Å². The molecular formula is C9H10BrNO. The van der Waals surface area contributed by atoms with Crippen LogP contribution >= 0.6 is 15.9 Å². The van der Waals surface area contributed by atoms with Crippen LogP contribution < -0.4 is 5.73 Å². The topological polar surface area (TPSA) is 43.1 Å². The molecule has 0 aromatic heterocycles. The normalized spacial score (nSPS) is 9.92. The summed E-state index contributed by atoms with van der Waals surface area (Å²) in [5, 5.41) is 0. The lowest BCUT2D eigenvalue weighted by Crippen LogP contribution is -2.12. The molecule has 0 aliphatic rings. The van der Waals surface area contributed by atoms with Gasteiger partial charge in [-0.2, -0.15) is 0 Å². The minimum Gasteiger partial charge on any atom is -0.366 e. The molecule has 0 atom stereocenters. The van der Waals surface area contributed by atoms with E-state index in [1.165, 1.54) is 0 Å². The van der Waals surface area contributed by atoms with Crippen LogP contribution in [0.2, 0.25) is 0 Å². The van der Waals surface area contributed by atoms with E-state index in [1.807, 2.05) is 19.9 Å². The van der Waals surface area contributed by atoms with Gasteiger partial charge in [-0.1, -0.05) is 6.07 Å². The third-order valence-corrected chi connectivity index (χ3v) is 2.72. The summed E-state index contributed by atoms with van der Waals surface area (Å²) in [5.41, 5.74) is 7.81. The average molecular weight is 228 g/mol. The molecule has 0 fully saturated rings. The largest absolute Gasteiger partial charge is 0.366 e. The van der Waals surface area contributed by atoms with Gasteiger partial charge in [0.15, 0.2) is 0 Å². The van der Waals surface area contributed by atoms with Crippen molar-refractivity contribution < 1.29 is 4.79 Å².